The van der Waals surface area contributed by atoms with Gasteiger partial charge >= 0.3 is 6.18 Å². The summed E-state index contributed by atoms with van der Waals surface area (Å²) in [6, 6.07) is 2.26. The number of carbonyl (C=O) groups excluding carboxylic acids is 1. The van der Waals surface area contributed by atoms with Crippen LogP contribution in [-0.4, -0.2) is 45.4 Å². The summed E-state index contributed by atoms with van der Waals surface area (Å²) in [4.78, 5) is 24.6. The van der Waals surface area contributed by atoms with E-state index in [1.54, 1.807) is 0 Å². The van der Waals surface area contributed by atoms with Crippen molar-refractivity contribution in [1.29, 1.82) is 0 Å². The highest BCUT2D eigenvalue weighted by Crippen LogP contribution is 2.46. The predicted octanol–water partition coefficient (Wildman–Crippen LogP) is 4.91. The Morgan fingerprint density at radius 2 is 1.63 bits per heavy atom. The van der Waals surface area contributed by atoms with Gasteiger partial charge in [-0.05, 0) is 43.7 Å². The number of aromatic amines is 1. The van der Waals surface area contributed by atoms with E-state index < -0.39 is 54.8 Å². The summed E-state index contributed by atoms with van der Waals surface area (Å²) in [7, 11) is 0. The van der Waals surface area contributed by atoms with Crippen LogP contribution >= 0.6 is 0 Å². The summed E-state index contributed by atoms with van der Waals surface area (Å²) in [6.45, 7) is -1.59. The van der Waals surface area contributed by atoms with Crippen molar-refractivity contribution in [3.8, 4) is 0 Å². The zero-order valence-electron chi connectivity index (χ0n) is 18.7. The molecule has 2 saturated carbocycles. The van der Waals surface area contributed by atoms with Crippen molar-refractivity contribution >= 4 is 17.1 Å². The van der Waals surface area contributed by atoms with Gasteiger partial charge in [0, 0.05) is 25.7 Å². The molecule has 2 aromatic heterocycles. The molecule has 13 heteroatoms. The Balaban J connectivity index is 1.61. The van der Waals surface area contributed by atoms with Gasteiger partial charge in [0.1, 0.15) is 12.4 Å². The summed E-state index contributed by atoms with van der Waals surface area (Å²) in [5.74, 6) is -6.67. The second-order valence-electron chi connectivity index (χ2n) is 9.64. The number of fused-ring (bicyclic) bond motifs is 1. The minimum atomic E-state index is -4.66. The van der Waals surface area contributed by atoms with Crippen LogP contribution in [0.3, 0.4) is 0 Å². The molecule has 0 bridgehead atoms. The fraction of sp³-hybridized carbons (Fsp3) is 0.682. The van der Waals surface area contributed by atoms with Crippen molar-refractivity contribution in [2.24, 2.45) is 11.7 Å². The minimum Gasteiger partial charge on any atom is -0.346 e. The third-order valence-corrected chi connectivity index (χ3v) is 7.16. The summed E-state index contributed by atoms with van der Waals surface area (Å²) >= 11 is 0. The van der Waals surface area contributed by atoms with Gasteiger partial charge in [-0.1, -0.05) is 0 Å². The molecule has 194 valence electrons. The molecule has 35 heavy (non-hydrogen) atoms. The second-order valence-corrected chi connectivity index (χ2v) is 9.64. The Labute approximate surface area is 196 Å². The van der Waals surface area contributed by atoms with E-state index in [-0.39, 0.29) is 55.8 Å². The van der Waals surface area contributed by atoms with Crippen molar-refractivity contribution < 1.29 is 35.5 Å². The normalized spacial score (nSPS) is 23.2. The minimum absolute atomic E-state index is 0.0455. The maximum atomic E-state index is 13.9. The molecule has 0 spiro atoms. The van der Waals surface area contributed by atoms with Crippen LogP contribution in [0.1, 0.15) is 68.9 Å². The number of pyridine rings is 1. The largest absolute Gasteiger partial charge is 0.405 e. The number of H-pyrrole nitrogens is 1. The summed E-state index contributed by atoms with van der Waals surface area (Å²) in [5, 5.41) is 1.82. The van der Waals surface area contributed by atoms with Crippen LogP contribution < -0.4 is 11.1 Å². The molecule has 4 N–H and O–H groups in total. The first-order valence-electron chi connectivity index (χ1n) is 11.4. The number of nitrogens with two attached hydrogens (primary N) is 1. The SMILES string of the molecule is N[C@H](c1nc2nc(C3(C(=O)NCC(F)(F)F)CCC(F)(F)CC3)ccc2[nH]1)C1CCC(F)(F)CC1. The molecule has 0 aliphatic heterocycles. The van der Waals surface area contributed by atoms with Crippen molar-refractivity contribution in [3.05, 3.63) is 23.7 Å². The number of imidazole rings is 1. The van der Waals surface area contributed by atoms with E-state index in [0.29, 0.717) is 11.3 Å². The highest BCUT2D eigenvalue weighted by Gasteiger charge is 2.50. The number of halogens is 7. The Hall–Kier alpha value is -2.44. The monoisotopic (exact) mass is 509 g/mol. The van der Waals surface area contributed by atoms with E-state index in [2.05, 4.69) is 15.0 Å². The second kappa shape index (κ2) is 8.90. The Bertz CT molecular complexity index is 1060. The van der Waals surface area contributed by atoms with Gasteiger partial charge in [0.25, 0.3) is 0 Å². The molecular weight excluding hydrogens is 483 g/mol. The molecule has 2 aliphatic rings. The van der Waals surface area contributed by atoms with Crippen LogP contribution in [0, 0.1) is 5.92 Å². The van der Waals surface area contributed by atoms with Gasteiger partial charge in [-0.15, -0.1) is 0 Å². The lowest BCUT2D eigenvalue weighted by Gasteiger charge is -2.38. The molecule has 0 aromatic carbocycles. The highest BCUT2D eigenvalue weighted by molar-refractivity contribution is 5.88. The molecule has 2 fully saturated rings. The molecule has 1 amide bonds. The maximum Gasteiger partial charge on any atom is 0.405 e. The third-order valence-electron chi connectivity index (χ3n) is 7.16. The summed E-state index contributed by atoms with van der Waals surface area (Å²) in [5.41, 5.74) is 5.19. The van der Waals surface area contributed by atoms with E-state index >= 15 is 0 Å². The molecule has 2 aromatic rings. The van der Waals surface area contributed by atoms with E-state index in [4.69, 9.17) is 5.73 Å². The van der Waals surface area contributed by atoms with Gasteiger partial charge in [0.2, 0.25) is 17.8 Å². The average Bonchev–Trinajstić information content (AvgIpc) is 3.20. The van der Waals surface area contributed by atoms with Gasteiger partial charge in [-0.3, -0.25) is 4.79 Å². The molecule has 6 nitrogen and oxygen atoms in total. The first-order valence-corrected chi connectivity index (χ1v) is 11.4. The number of hydrogen-bond acceptors (Lipinski definition) is 4. The molecule has 2 heterocycles. The van der Waals surface area contributed by atoms with Crippen molar-refractivity contribution in [2.45, 2.75) is 80.8 Å². The third kappa shape index (κ3) is 5.54. The number of alkyl halides is 7. The van der Waals surface area contributed by atoms with Crippen LogP contribution in [-0.2, 0) is 10.2 Å². The Morgan fingerprint density at radius 3 is 2.23 bits per heavy atom. The zero-order valence-corrected chi connectivity index (χ0v) is 18.7. The van der Waals surface area contributed by atoms with Crippen LogP contribution in [0.25, 0.3) is 11.2 Å². The lowest BCUT2D eigenvalue weighted by Crippen LogP contribution is -2.50. The van der Waals surface area contributed by atoms with Gasteiger partial charge in [-0.2, -0.15) is 13.2 Å². The molecule has 0 unspecified atom stereocenters. The molecule has 1 atom stereocenters. The van der Waals surface area contributed by atoms with Gasteiger partial charge in [-0.25, -0.2) is 27.5 Å². The number of amides is 1. The first-order chi connectivity index (χ1) is 16.2. The van der Waals surface area contributed by atoms with E-state index in [0.717, 1.165) is 0 Å². The van der Waals surface area contributed by atoms with Gasteiger partial charge in [0.05, 0.1) is 22.7 Å². The standard InChI is InChI=1S/C22H26F7N5O/c23-20(24)5-3-12(4-6-20)15(30)17-32-13-1-2-14(33-16(13)34-17)19(7-9-21(25,26)10-8-19)18(35)31-11-22(27,28)29/h1-2,12,15H,3-11,30H2,(H,31,35)(H,32,33,34)/t15-/m0/s1. The van der Waals surface area contributed by atoms with Crippen LogP contribution in [0.5, 0.6) is 0 Å². The first kappa shape index (κ1) is 25.6. The molecule has 0 saturated heterocycles. The van der Waals surface area contributed by atoms with Gasteiger partial charge in [0.15, 0.2) is 5.65 Å². The van der Waals surface area contributed by atoms with E-state index in [9.17, 15) is 35.5 Å². The van der Waals surface area contributed by atoms with Crippen LogP contribution in [0.15, 0.2) is 12.1 Å². The van der Waals surface area contributed by atoms with Crippen LogP contribution in [0.2, 0.25) is 0 Å². The Kier molecular flexibility index (Phi) is 6.52. The Morgan fingerprint density at radius 1 is 1.03 bits per heavy atom. The molecular formula is C22H26F7N5O. The quantitative estimate of drug-likeness (QED) is 0.499. The summed E-state index contributed by atoms with van der Waals surface area (Å²) < 4.78 is 92.8. The number of hydrogen-bond donors (Lipinski definition) is 3. The fourth-order valence-corrected chi connectivity index (χ4v) is 4.97. The lowest BCUT2D eigenvalue weighted by atomic mass is 9.69. The predicted molar refractivity (Wildman–Crippen MR) is 112 cm³/mol. The number of aromatic nitrogens is 3. The number of rotatable bonds is 5. The zero-order chi connectivity index (χ0) is 25.6. The molecule has 4 rings (SSSR count). The van der Waals surface area contributed by atoms with Gasteiger partial charge < -0.3 is 16.0 Å². The number of nitrogens with zero attached hydrogens (tertiary/aromatic N) is 2. The highest BCUT2D eigenvalue weighted by atomic mass is 19.4. The average molecular weight is 509 g/mol. The topological polar surface area (TPSA) is 96.7 Å². The van der Waals surface area contributed by atoms with Crippen LogP contribution in [0.4, 0.5) is 30.7 Å². The van der Waals surface area contributed by atoms with Crippen molar-refractivity contribution in [1.82, 2.24) is 20.3 Å². The fourth-order valence-electron chi connectivity index (χ4n) is 4.97. The molecule has 0 radical (unpaired) electrons. The number of nitrogens with one attached hydrogen (secondary N) is 2. The van der Waals surface area contributed by atoms with E-state index in [1.165, 1.54) is 12.1 Å². The lowest BCUT2D eigenvalue weighted by molar-refractivity contribution is -0.145. The van der Waals surface area contributed by atoms with E-state index in [1.807, 2.05) is 5.32 Å². The summed E-state index contributed by atoms with van der Waals surface area (Å²) in [6.07, 6.45) is -6.86. The maximum absolute atomic E-state index is 13.9. The molecule has 2 aliphatic carbocycles. The van der Waals surface area contributed by atoms with Crippen molar-refractivity contribution in [2.75, 3.05) is 6.54 Å². The number of carbonyl (C=O) groups is 1. The smallest absolute Gasteiger partial charge is 0.346 e. The van der Waals surface area contributed by atoms with Crippen molar-refractivity contribution in [3.63, 3.8) is 0 Å².